The number of carbonyl (C=O) groups is 1. The first-order chi connectivity index (χ1) is 16.2. The molecule has 2 fully saturated rings. The Balaban J connectivity index is 1.50. The number of hydrogen-bond acceptors (Lipinski definition) is 4. The number of nitrogens with one attached hydrogen (secondary N) is 2. The Kier molecular flexibility index (Phi) is 5.64. The average molecular weight is 473 g/mol. The Morgan fingerprint density at radius 3 is 2.44 bits per heavy atom. The molecule has 0 spiro atoms. The molecule has 2 saturated heterocycles. The van der Waals surface area contributed by atoms with E-state index in [4.69, 9.17) is 0 Å². The van der Waals surface area contributed by atoms with E-state index in [0.29, 0.717) is 5.56 Å². The summed E-state index contributed by atoms with van der Waals surface area (Å²) in [5, 5.41) is 15.0. The van der Waals surface area contributed by atoms with E-state index in [1.54, 1.807) is 18.7 Å². The first kappa shape index (κ1) is 22.9. The zero-order valence-corrected chi connectivity index (χ0v) is 19.0. The standard InChI is InChI=1S/C25H27F3N4O2/c1-13-11-32(24(33)20-4-3-6-29-20)12-14(2)25(13,34)22-17(26)8-15(9-18(22)27)16-5-7-30-23-21(16)19(28)10-31-23/h5,7-10,13-14,20,29,34H,3-4,6,11-12H2,1-2H3,(H,30,31)/t13-,14+,20-,25?/m1/s1. The number of rotatable bonds is 3. The Morgan fingerprint density at radius 1 is 1.15 bits per heavy atom. The number of pyridine rings is 1. The molecule has 3 N–H and O–H groups in total. The largest absolute Gasteiger partial charge is 0.384 e. The highest BCUT2D eigenvalue weighted by Crippen LogP contribution is 2.45. The molecule has 6 nitrogen and oxygen atoms in total. The molecule has 0 radical (unpaired) electrons. The van der Waals surface area contributed by atoms with Gasteiger partial charge in [0.15, 0.2) is 5.82 Å². The highest BCUT2D eigenvalue weighted by Gasteiger charge is 2.50. The minimum absolute atomic E-state index is 0.0372. The third-order valence-corrected chi connectivity index (χ3v) is 7.44. The van der Waals surface area contributed by atoms with Crippen LogP contribution in [0, 0.1) is 29.3 Å². The topological polar surface area (TPSA) is 81.2 Å². The summed E-state index contributed by atoms with van der Waals surface area (Å²) in [6, 6.07) is 3.49. The minimum atomic E-state index is -1.81. The van der Waals surface area contributed by atoms with Crippen LogP contribution in [0.25, 0.3) is 22.2 Å². The van der Waals surface area contributed by atoms with Crippen molar-refractivity contribution in [2.75, 3.05) is 19.6 Å². The van der Waals surface area contributed by atoms with Crippen molar-refractivity contribution >= 4 is 16.9 Å². The van der Waals surface area contributed by atoms with Gasteiger partial charge < -0.3 is 20.3 Å². The van der Waals surface area contributed by atoms with Crippen molar-refractivity contribution in [3.63, 3.8) is 0 Å². The van der Waals surface area contributed by atoms with Crippen LogP contribution in [0.2, 0.25) is 0 Å². The second-order valence-corrected chi connectivity index (χ2v) is 9.55. The third-order valence-electron chi connectivity index (χ3n) is 7.44. The van der Waals surface area contributed by atoms with Crippen LogP contribution in [0.4, 0.5) is 13.2 Å². The van der Waals surface area contributed by atoms with Crippen molar-refractivity contribution in [2.24, 2.45) is 11.8 Å². The molecule has 2 aromatic heterocycles. The summed E-state index contributed by atoms with van der Waals surface area (Å²) in [5.41, 5.74) is -1.50. The van der Waals surface area contributed by atoms with Gasteiger partial charge >= 0.3 is 0 Å². The fourth-order valence-electron chi connectivity index (χ4n) is 5.66. The molecule has 4 atom stereocenters. The zero-order valence-electron chi connectivity index (χ0n) is 19.0. The Hall–Kier alpha value is -2.91. The number of benzene rings is 1. The van der Waals surface area contributed by atoms with Crippen molar-refractivity contribution in [1.29, 1.82) is 0 Å². The maximum atomic E-state index is 15.5. The predicted octanol–water partition coefficient (Wildman–Crippen LogP) is 3.70. The fraction of sp³-hybridized carbons (Fsp3) is 0.440. The summed E-state index contributed by atoms with van der Waals surface area (Å²) >= 11 is 0. The molecule has 34 heavy (non-hydrogen) atoms. The summed E-state index contributed by atoms with van der Waals surface area (Å²) in [6.07, 6.45) is 4.26. The van der Waals surface area contributed by atoms with Crippen LogP contribution in [-0.4, -0.2) is 51.6 Å². The number of piperidine rings is 1. The van der Waals surface area contributed by atoms with Crippen molar-refractivity contribution in [3.05, 3.63) is 53.6 Å². The fourth-order valence-corrected chi connectivity index (χ4v) is 5.66. The van der Waals surface area contributed by atoms with E-state index in [9.17, 15) is 14.3 Å². The molecular formula is C25H27F3N4O2. The number of nitrogens with zero attached hydrogens (tertiary/aromatic N) is 2. The number of carbonyl (C=O) groups excluding carboxylic acids is 1. The Morgan fingerprint density at radius 2 is 1.82 bits per heavy atom. The van der Waals surface area contributed by atoms with Crippen LogP contribution >= 0.6 is 0 Å². The van der Waals surface area contributed by atoms with Crippen LogP contribution in [0.1, 0.15) is 32.3 Å². The first-order valence-corrected chi connectivity index (χ1v) is 11.6. The van der Waals surface area contributed by atoms with Gasteiger partial charge in [-0.2, -0.15) is 0 Å². The van der Waals surface area contributed by atoms with Crippen molar-refractivity contribution in [3.8, 4) is 11.1 Å². The molecule has 9 heteroatoms. The van der Waals surface area contributed by atoms with Crippen LogP contribution in [-0.2, 0) is 10.4 Å². The third kappa shape index (κ3) is 3.49. The number of amides is 1. The second kappa shape index (κ2) is 8.39. The summed E-state index contributed by atoms with van der Waals surface area (Å²) in [5.74, 6) is -3.64. The van der Waals surface area contributed by atoms with Gasteiger partial charge in [-0.1, -0.05) is 13.8 Å². The molecule has 180 valence electrons. The van der Waals surface area contributed by atoms with E-state index in [2.05, 4.69) is 15.3 Å². The summed E-state index contributed by atoms with van der Waals surface area (Å²) < 4.78 is 45.3. The normalized spacial score (nSPS) is 27.5. The number of H-pyrrole nitrogens is 1. The van der Waals surface area contributed by atoms with Gasteiger partial charge in [0.1, 0.15) is 22.9 Å². The second-order valence-electron chi connectivity index (χ2n) is 9.55. The lowest BCUT2D eigenvalue weighted by Crippen LogP contribution is -2.58. The van der Waals surface area contributed by atoms with Gasteiger partial charge in [-0.05, 0) is 48.7 Å². The minimum Gasteiger partial charge on any atom is -0.384 e. The van der Waals surface area contributed by atoms with Crippen LogP contribution in [0.3, 0.4) is 0 Å². The number of fused-ring (bicyclic) bond motifs is 1. The van der Waals surface area contributed by atoms with Gasteiger partial charge in [0, 0.05) is 37.3 Å². The van der Waals surface area contributed by atoms with E-state index in [1.807, 2.05) is 0 Å². The van der Waals surface area contributed by atoms with Gasteiger partial charge in [-0.15, -0.1) is 0 Å². The van der Waals surface area contributed by atoms with Gasteiger partial charge in [0.05, 0.1) is 17.0 Å². The zero-order chi connectivity index (χ0) is 24.2. The highest BCUT2D eigenvalue weighted by molar-refractivity contribution is 5.93. The smallest absolute Gasteiger partial charge is 0.239 e. The van der Waals surface area contributed by atoms with E-state index < -0.39 is 40.5 Å². The SMILES string of the molecule is C[C@@H]1CN(C(=O)[C@H]2CCCN2)C[C@H](C)C1(O)c1c(F)cc(-c2ccnc3[nH]cc(F)c23)cc1F. The van der Waals surface area contributed by atoms with Gasteiger partial charge in [0.2, 0.25) is 5.91 Å². The maximum absolute atomic E-state index is 15.5. The van der Waals surface area contributed by atoms with Gasteiger partial charge in [0.25, 0.3) is 0 Å². The molecule has 2 aliphatic heterocycles. The van der Waals surface area contributed by atoms with Gasteiger partial charge in [-0.3, -0.25) is 4.79 Å². The molecule has 1 unspecified atom stereocenters. The molecule has 1 aromatic carbocycles. The average Bonchev–Trinajstić information content (AvgIpc) is 3.47. The Labute approximate surface area is 195 Å². The molecule has 1 amide bonds. The van der Waals surface area contributed by atoms with E-state index >= 15 is 8.78 Å². The number of hydrogen-bond donors (Lipinski definition) is 3. The first-order valence-electron chi connectivity index (χ1n) is 11.6. The van der Waals surface area contributed by atoms with E-state index in [1.165, 1.54) is 12.3 Å². The van der Waals surface area contributed by atoms with Crippen molar-refractivity contribution in [1.82, 2.24) is 20.2 Å². The Bertz CT molecular complexity index is 1220. The van der Waals surface area contributed by atoms with Crippen LogP contribution in [0.15, 0.2) is 30.6 Å². The predicted molar refractivity (Wildman–Crippen MR) is 121 cm³/mol. The number of aromatic amines is 1. The lowest BCUT2D eigenvalue weighted by atomic mass is 9.70. The number of halogens is 3. The molecule has 0 bridgehead atoms. The van der Waals surface area contributed by atoms with E-state index in [0.717, 1.165) is 37.7 Å². The number of aromatic nitrogens is 2. The summed E-state index contributed by atoms with van der Waals surface area (Å²) in [6.45, 7) is 4.58. The van der Waals surface area contributed by atoms with Crippen LogP contribution < -0.4 is 5.32 Å². The molecular weight excluding hydrogens is 445 g/mol. The van der Waals surface area contributed by atoms with Crippen LogP contribution in [0.5, 0.6) is 0 Å². The monoisotopic (exact) mass is 472 g/mol. The van der Waals surface area contributed by atoms with E-state index in [-0.39, 0.29) is 41.6 Å². The summed E-state index contributed by atoms with van der Waals surface area (Å²) in [7, 11) is 0. The highest BCUT2D eigenvalue weighted by atomic mass is 19.1. The molecule has 4 heterocycles. The quantitative estimate of drug-likeness (QED) is 0.543. The molecule has 0 aliphatic carbocycles. The van der Waals surface area contributed by atoms with Crippen molar-refractivity contribution < 1.29 is 23.1 Å². The number of likely N-dealkylation sites (tertiary alicyclic amines) is 1. The lowest BCUT2D eigenvalue weighted by Gasteiger charge is -2.48. The molecule has 0 saturated carbocycles. The summed E-state index contributed by atoms with van der Waals surface area (Å²) in [4.78, 5) is 21.3. The molecule has 3 aromatic rings. The lowest BCUT2D eigenvalue weighted by molar-refractivity contribution is -0.151. The molecule has 2 aliphatic rings. The maximum Gasteiger partial charge on any atom is 0.239 e. The number of aliphatic hydroxyl groups is 1. The van der Waals surface area contributed by atoms with Crippen molar-refractivity contribution in [2.45, 2.75) is 38.3 Å². The van der Waals surface area contributed by atoms with Gasteiger partial charge in [-0.25, -0.2) is 18.2 Å². The molecule has 5 rings (SSSR count).